The van der Waals surface area contributed by atoms with Crippen LogP contribution in [-0.2, 0) is 11.2 Å². The van der Waals surface area contributed by atoms with E-state index in [4.69, 9.17) is 10.5 Å². The molecule has 0 bridgehead atoms. The Kier molecular flexibility index (Phi) is 4.94. The normalized spacial score (nSPS) is 21.1. The molecule has 3 nitrogen and oxygen atoms in total. The van der Waals surface area contributed by atoms with Gasteiger partial charge in [-0.05, 0) is 37.5 Å². The Morgan fingerprint density at radius 3 is 2.60 bits per heavy atom. The fraction of sp³-hybridized carbons (Fsp3) is 0.600. The molecular weight excluding hydrogens is 262 g/mol. The monoisotopic (exact) mass is 284 g/mol. The molecule has 1 heterocycles. The van der Waals surface area contributed by atoms with Gasteiger partial charge in [0.05, 0.1) is 19.3 Å². The van der Waals surface area contributed by atoms with Crippen molar-refractivity contribution in [2.45, 2.75) is 38.8 Å². The van der Waals surface area contributed by atoms with Crippen LogP contribution in [0.25, 0.3) is 0 Å². The van der Waals surface area contributed by atoms with Crippen LogP contribution in [0.4, 0.5) is 14.5 Å². The van der Waals surface area contributed by atoms with E-state index in [9.17, 15) is 8.78 Å². The average Bonchev–Trinajstić information content (AvgIpc) is 2.37. The highest BCUT2D eigenvalue weighted by molar-refractivity contribution is 5.52. The highest BCUT2D eigenvalue weighted by Gasteiger charge is 2.27. The van der Waals surface area contributed by atoms with Gasteiger partial charge < -0.3 is 15.4 Å². The van der Waals surface area contributed by atoms with Crippen molar-refractivity contribution in [2.24, 2.45) is 5.73 Å². The highest BCUT2D eigenvalue weighted by Crippen LogP contribution is 2.29. The van der Waals surface area contributed by atoms with E-state index in [0.717, 1.165) is 6.42 Å². The SMILES string of the molecule is CCC1COCCN1c1c(F)cc(CC(C)N)cc1F. The van der Waals surface area contributed by atoms with E-state index in [1.807, 2.05) is 13.8 Å². The van der Waals surface area contributed by atoms with E-state index >= 15 is 0 Å². The summed E-state index contributed by atoms with van der Waals surface area (Å²) in [4.78, 5) is 1.78. The molecule has 20 heavy (non-hydrogen) atoms. The minimum absolute atomic E-state index is 0.0204. The minimum Gasteiger partial charge on any atom is -0.377 e. The molecule has 2 rings (SSSR count). The molecule has 112 valence electrons. The predicted octanol–water partition coefficient (Wildman–Crippen LogP) is 2.47. The summed E-state index contributed by atoms with van der Waals surface area (Å²) in [5.74, 6) is -1.03. The number of morpholine rings is 1. The van der Waals surface area contributed by atoms with Gasteiger partial charge in [0.25, 0.3) is 0 Å². The molecule has 1 saturated heterocycles. The van der Waals surface area contributed by atoms with Crippen LogP contribution >= 0.6 is 0 Å². The van der Waals surface area contributed by atoms with Gasteiger partial charge >= 0.3 is 0 Å². The van der Waals surface area contributed by atoms with Gasteiger partial charge in [-0.3, -0.25) is 0 Å². The Morgan fingerprint density at radius 2 is 2.05 bits per heavy atom. The molecule has 1 aromatic carbocycles. The summed E-state index contributed by atoms with van der Waals surface area (Å²) >= 11 is 0. The zero-order valence-electron chi connectivity index (χ0n) is 12.0. The molecule has 2 unspecified atom stereocenters. The lowest BCUT2D eigenvalue weighted by atomic mass is 10.0. The Hall–Kier alpha value is -1.20. The van der Waals surface area contributed by atoms with Gasteiger partial charge in [-0.25, -0.2) is 8.78 Å². The summed E-state index contributed by atoms with van der Waals surface area (Å²) in [5, 5.41) is 0. The molecule has 2 atom stereocenters. The zero-order valence-corrected chi connectivity index (χ0v) is 12.0. The van der Waals surface area contributed by atoms with Crippen LogP contribution in [0.1, 0.15) is 25.8 Å². The molecule has 0 radical (unpaired) electrons. The summed E-state index contributed by atoms with van der Waals surface area (Å²) < 4.78 is 34.0. The lowest BCUT2D eigenvalue weighted by Gasteiger charge is -2.37. The summed E-state index contributed by atoms with van der Waals surface area (Å²) in [5.41, 5.74) is 6.34. The summed E-state index contributed by atoms with van der Waals surface area (Å²) in [6.45, 7) is 5.33. The van der Waals surface area contributed by atoms with Gasteiger partial charge in [-0.15, -0.1) is 0 Å². The standard InChI is InChI=1S/C15H22F2N2O/c1-3-12-9-20-5-4-19(12)15-13(16)7-11(6-10(2)18)8-14(15)17/h7-8,10,12H,3-6,9,18H2,1-2H3. The molecule has 2 N–H and O–H groups in total. The third-order valence-electron chi connectivity index (χ3n) is 3.62. The first-order valence-electron chi connectivity index (χ1n) is 7.10. The number of nitrogens with zero attached hydrogens (tertiary/aromatic N) is 1. The van der Waals surface area contributed by atoms with E-state index in [2.05, 4.69) is 0 Å². The molecule has 1 fully saturated rings. The quantitative estimate of drug-likeness (QED) is 0.923. The topological polar surface area (TPSA) is 38.5 Å². The maximum atomic E-state index is 14.3. The highest BCUT2D eigenvalue weighted by atomic mass is 19.1. The van der Waals surface area contributed by atoms with E-state index in [1.54, 1.807) is 4.90 Å². The first-order chi connectivity index (χ1) is 9.52. The van der Waals surface area contributed by atoms with E-state index in [-0.39, 0.29) is 17.8 Å². The molecule has 0 aromatic heterocycles. The van der Waals surface area contributed by atoms with Crippen LogP contribution < -0.4 is 10.6 Å². The predicted molar refractivity (Wildman–Crippen MR) is 76.0 cm³/mol. The van der Waals surface area contributed by atoms with Crippen molar-refractivity contribution in [3.05, 3.63) is 29.3 Å². The fourth-order valence-electron chi connectivity index (χ4n) is 2.67. The van der Waals surface area contributed by atoms with Gasteiger partial charge in [0, 0.05) is 12.6 Å². The van der Waals surface area contributed by atoms with Gasteiger partial charge in [-0.1, -0.05) is 6.92 Å². The molecule has 1 aromatic rings. The maximum absolute atomic E-state index is 14.3. The number of hydrogen-bond acceptors (Lipinski definition) is 3. The van der Waals surface area contributed by atoms with Gasteiger partial charge in [-0.2, -0.15) is 0 Å². The molecule has 1 aliphatic rings. The van der Waals surface area contributed by atoms with Crippen molar-refractivity contribution in [3.8, 4) is 0 Å². The Labute approximate surface area is 118 Å². The third-order valence-corrected chi connectivity index (χ3v) is 3.62. The van der Waals surface area contributed by atoms with Crippen LogP contribution in [0.15, 0.2) is 12.1 Å². The van der Waals surface area contributed by atoms with Crippen molar-refractivity contribution in [3.63, 3.8) is 0 Å². The first-order valence-corrected chi connectivity index (χ1v) is 7.10. The lowest BCUT2D eigenvalue weighted by Crippen LogP contribution is -2.46. The zero-order chi connectivity index (χ0) is 14.7. The Bertz CT molecular complexity index is 442. The summed E-state index contributed by atoms with van der Waals surface area (Å²) in [7, 11) is 0. The van der Waals surface area contributed by atoms with Crippen molar-refractivity contribution >= 4 is 5.69 Å². The summed E-state index contributed by atoms with van der Waals surface area (Å²) in [6, 6.07) is 2.69. The second-order valence-corrected chi connectivity index (χ2v) is 5.42. The molecular formula is C15H22F2N2O. The second-order valence-electron chi connectivity index (χ2n) is 5.42. The summed E-state index contributed by atoms with van der Waals surface area (Å²) in [6.07, 6.45) is 1.26. The minimum atomic E-state index is -0.513. The maximum Gasteiger partial charge on any atom is 0.149 e. The number of halogens is 2. The van der Waals surface area contributed by atoms with Crippen LogP contribution in [-0.4, -0.2) is 31.8 Å². The van der Waals surface area contributed by atoms with Crippen LogP contribution in [0, 0.1) is 11.6 Å². The largest absolute Gasteiger partial charge is 0.377 e. The average molecular weight is 284 g/mol. The molecule has 0 spiro atoms. The van der Waals surface area contributed by atoms with Gasteiger partial charge in [0.2, 0.25) is 0 Å². The molecule has 0 aliphatic carbocycles. The smallest absolute Gasteiger partial charge is 0.149 e. The van der Waals surface area contributed by atoms with Crippen LogP contribution in [0.3, 0.4) is 0 Å². The number of ether oxygens (including phenoxy) is 1. The van der Waals surface area contributed by atoms with E-state index < -0.39 is 11.6 Å². The van der Waals surface area contributed by atoms with Crippen molar-refractivity contribution in [1.82, 2.24) is 0 Å². The van der Waals surface area contributed by atoms with Crippen molar-refractivity contribution in [1.29, 1.82) is 0 Å². The van der Waals surface area contributed by atoms with E-state index in [0.29, 0.717) is 31.7 Å². The first kappa shape index (κ1) is 15.2. The number of hydrogen-bond donors (Lipinski definition) is 1. The van der Waals surface area contributed by atoms with Crippen LogP contribution in [0.2, 0.25) is 0 Å². The molecule has 0 amide bonds. The van der Waals surface area contributed by atoms with Crippen molar-refractivity contribution < 1.29 is 13.5 Å². The third kappa shape index (κ3) is 3.27. The number of benzene rings is 1. The van der Waals surface area contributed by atoms with Crippen LogP contribution in [0.5, 0.6) is 0 Å². The second kappa shape index (κ2) is 6.50. The molecule has 5 heteroatoms. The number of rotatable bonds is 4. The van der Waals surface area contributed by atoms with Gasteiger partial charge in [0.1, 0.15) is 17.3 Å². The number of nitrogens with two attached hydrogens (primary N) is 1. The Balaban J connectivity index is 2.31. The number of anilines is 1. The molecule has 1 aliphatic heterocycles. The molecule has 0 saturated carbocycles. The Morgan fingerprint density at radius 1 is 1.40 bits per heavy atom. The fourth-order valence-corrected chi connectivity index (χ4v) is 2.67. The van der Waals surface area contributed by atoms with Gasteiger partial charge in [0.15, 0.2) is 0 Å². The van der Waals surface area contributed by atoms with E-state index in [1.165, 1.54) is 12.1 Å². The van der Waals surface area contributed by atoms with Crippen molar-refractivity contribution in [2.75, 3.05) is 24.7 Å². The lowest BCUT2D eigenvalue weighted by molar-refractivity contribution is 0.0922.